The molecule has 0 radical (unpaired) electrons. The third-order valence-electron chi connectivity index (χ3n) is 3.77. The Balaban J connectivity index is 1.76. The molecule has 1 atom stereocenters. The van der Waals surface area contributed by atoms with E-state index in [1.54, 1.807) is 24.3 Å². The maximum atomic E-state index is 11.8. The van der Waals surface area contributed by atoms with Crippen LogP contribution in [0.2, 0.25) is 0 Å². The number of carbonyl (C=O) groups excluding carboxylic acids is 1. The van der Waals surface area contributed by atoms with E-state index in [0.717, 1.165) is 15.9 Å². The van der Waals surface area contributed by atoms with Crippen LogP contribution in [-0.2, 0) is 16.1 Å². The van der Waals surface area contributed by atoms with Crippen molar-refractivity contribution in [2.75, 3.05) is 6.54 Å². The quantitative estimate of drug-likeness (QED) is 0.306. The number of carboxylic acid groups (broad SMARTS) is 1. The van der Waals surface area contributed by atoms with Crippen molar-refractivity contribution in [2.45, 2.75) is 25.5 Å². The molecule has 0 aliphatic heterocycles. The molecule has 0 bridgehead atoms. The van der Waals surface area contributed by atoms with Gasteiger partial charge in [-0.15, -0.1) is 0 Å². The predicted octanol–water partition coefficient (Wildman–Crippen LogP) is 2.78. The van der Waals surface area contributed by atoms with Crippen LogP contribution in [-0.4, -0.2) is 40.7 Å². The Morgan fingerprint density at radius 1 is 1.11 bits per heavy atom. The van der Waals surface area contributed by atoms with Crippen LogP contribution in [0.1, 0.15) is 24.0 Å². The van der Waals surface area contributed by atoms with Crippen molar-refractivity contribution in [3.63, 3.8) is 0 Å². The van der Waals surface area contributed by atoms with Gasteiger partial charge in [-0.05, 0) is 24.1 Å². The molecule has 0 saturated carbocycles. The van der Waals surface area contributed by atoms with Crippen LogP contribution < -0.4 is 5.32 Å². The molecule has 0 unspecified atom stereocenters. The predicted molar refractivity (Wildman–Crippen MR) is 101 cm³/mol. The summed E-state index contributed by atoms with van der Waals surface area (Å²) in [6, 6.07) is 17.1. The number of amides is 1. The summed E-state index contributed by atoms with van der Waals surface area (Å²) in [5, 5.41) is 23.4. The number of ether oxygens (including phenoxy) is 1. The van der Waals surface area contributed by atoms with E-state index in [0.29, 0.717) is 6.42 Å². The first-order chi connectivity index (χ1) is 13.0. The number of hydrogen-bond donors (Lipinski definition) is 2. The van der Waals surface area contributed by atoms with Crippen LogP contribution in [0, 0.1) is 5.21 Å². The summed E-state index contributed by atoms with van der Waals surface area (Å²) >= 11 is 0. The first-order valence-electron chi connectivity index (χ1n) is 8.58. The van der Waals surface area contributed by atoms with Crippen molar-refractivity contribution < 1.29 is 24.2 Å². The second kappa shape index (κ2) is 10.6. The molecular weight excluding hydrogens is 348 g/mol. The van der Waals surface area contributed by atoms with Crippen molar-refractivity contribution >= 4 is 18.3 Å². The molecule has 1 amide bonds. The lowest BCUT2D eigenvalue weighted by Gasteiger charge is -2.14. The Labute approximate surface area is 157 Å². The van der Waals surface area contributed by atoms with E-state index in [1.165, 1.54) is 6.21 Å². The second-order valence-electron chi connectivity index (χ2n) is 5.92. The number of carboxylic acids is 1. The maximum Gasteiger partial charge on any atom is 0.408 e. The van der Waals surface area contributed by atoms with Crippen LogP contribution >= 0.6 is 0 Å². The smallest absolute Gasteiger partial charge is 0.408 e. The molecule has 0 aromatic heterocycles. The number of alkyl carbamates (subject to hydrolysis) is 1. The molecule has 0 aliphatic carbocycles. The topological polar surface area (TPSA) is 102 Å². The number of nitrogens with zero attached hydrogens (tertiary/aromatic N) is 1. The largest absolute Gasteiger partial charge is 0.624 e. The summed E-state index contributed by atoms with van der Waals surface area (Å²) in [4.78, 5) is 23.1. The lowest BCUT2D eigenvalue weighted by Crippen LogP contribution is -2.41. The third kappa shape index (κ3) is 7.60. The number of hydroxylamine groups is 1. The molecule has 2 N–H and O–H groups in total. The van der Waals surface area contributed by atoms with Gasteiger partial charge in [0.05, 0.1) is 0 Å². The van der Waals surface area contributed by atoms with Crippen LogP contribution in [0.3, 0.4) is 0 Å². The molecule has 0 fully saturated rings. The number of benzene rings is 2. The first-order valence-corrected chi connectivity index (χ1v) is 8.58. The summed E-state index contributed by atoms with van der Waals surface area (Å²) in [7, 11) is 0. The standard InChI is InChI=1S/C20H22N2O5/c23-19(24)18(21-20(25)27-15-17-10-5-2-6-11-17)12-7-13-22(26)14-16-8-3-1-4-9-16/h1-6,8-11,14,18H,7,12-13,15H2,(H,21,25)(H,23,24)/t18-/m0/s1. The van der Waals surface area contributed by atoms with Crippen molar-refractivity contribution in [1.82, 2.24) is 5.32 Å². The zero-order valence-electron chi connectivity index (χ0n) is 14.8. The highest BCUT2D eigenvalue weighted by Crippen LogP contribution is 2.03. The van der Waals surface area contributed by atoms with Gasteiger partial charge in [0, 0.05) is 12.0 Å². The average molecular weight is 370 g/mol. The highest BCUT2D eigenvalue weighted by Gasteiger charge is 2.20. The van der Waals surface area contributed by atoms with Crippen molar-refractivity contribution in [1.29, 1.82) is 0 Å². The van der Waals surface area contributed by atoms with Gasteiger partial charge in [0.25, 0.3) is 0 Å². The molecular formula is C20H22N2O5. The van der Waals surface area contributed by atoms with Gasteiger partial charge < -0.3 is 20.4 Å². The molecule has 7 nitrogen and oxygen atoms in total. The normalized spacial score (nSPS) is 12.2. The molecule has 0 aliphatic rings. The summed E-state index contributed by atoms with van der Waals surface area (Å²) in [5.74, 6) is -1.17. The SMILES string of the molecule is O=C(N[C@@H](CCC[N+]([O-])=Cc1ccccc1)C(=O)O)OCc1ccccc1. The highest BCUT2D eigenvalue weighted by molar-refractivity contribution is 5.79. The zero-order valence-corrected chi connectivity index (χ0v) is 14.8. The number of carbonyl (C=O) groups is 2. The van der Waals surface area contributed by atoms with E-state index in [9.17, 15) is 19.9 Å². The van der Waals surface area contributed by atoms with Crippen LogP contribution in [0.15, 0.2) is 60.7 Å². The van der Waals surface area contributed by atoms with Gasteiger partial charge in [-0.1, -0.05) is 48.5 Å². The van der Waals surface area contributed by atoms with Gasteiger partial charge in [-0.2, -0.15) is 0 Å². The van der Waals surface area contributed by atoms with E-state index in [2.05, 4.69) is 5.32 Å². The van der Waals surface area contributed by atoms with Gasteiger partial charge in [0.15, 0.2) is 12.8 Å². The molecule has 0 spiro atoms. The summed E-state index contributed by atoms with van der Waals surface area (Å²) in [5.41, 5.74) is 1.57. The van der Waals surface area contributed by atoms with E-state index in [-0.39, 0.29) is 19.6 Å². The van der Waals surface area contributed by atoms with Crippen molar-refractivity contribution in [3.05, 3.63) is 77.0 Å². The minimum absolute atomic E-state index is 0.0549. The molecule has 0 saturated heterocycles. The molecule has 2 aromatic rings. The van der Waals surface area contributed by atoms with Crippen molar-refractivity contribution in [3.8, 4) is 0 Å². The Morgan fingerprint density at radius 2 is 1.74 bits per heavy atom. The summed E-state index contributed by atoms with van der Waals surface area (Å²) in [6.07, 6.45) is 1.07. The lowest BCUT2D eigenvalue weighted by molar-refractivity contribution is -0.453. The Bertz CT molecular complexity index is 762. The van der Waals surface area contributed by atoms with Gasteiger partial charge in [0.2, 0.25) is 0 Å². The molecule has 142 valence electrons. The molecule has 2 rings (SSSR count). The molecule has 2 aromatic carbocycles. The van der Waals surface area contributed by atoms with Crippen LogP contribution in [0.5, 0.6) is 0 Å². The van der Waals surface area contributed by atoms with E-state index in [4.69, 9.17) is 4.74 Å². The van der Waals surface area contributed by atoms with E-state index >= 15 is 0 Å². The molecule has 27 heavy (non-hydrogen) atoms. The first kappa shape index (κ1) is 20.0. The Hall–Kier alpha value is -3.35. The fraction of sp³-hybridized carbons (Fsp3) is 0.250. The number of aliphatic carboxylic acids is 1. The maximum absolute atomic E-state index is 11.8. The third-order valence-corrected chi connectivity index (χ3v) is 3.77. The monoisotopic (exact) mass is 370 g/mol. The summed E-state index contributed by atoms with van der Waals surface area (Å²) < 4.78 is 5.78. The van der Waals surface area contributed by atoms with Gasteiger partial charge >= 0.3 is 12.1 Å². The van der Waals surface area contributed by atoms with Crippen molar-refractivity contribution in [2.24, 2.45) is 0 Å². The number of rotatable bonds is 9. The number of nitrogens with one attached hydrogen (secondary N) is 1. The zero-order chi connectivity index (χ0) is 19.5. The van der Waals surface area contributed by atoms with E-state index < -0.39 is 18.1 Å². The average Bonchev–Trinajstić information content (AvgIpc) is 2.67. The molecule has 7 heteroatoms. The fourth-order valence-corrected chi connectivity index (χ4v) is 2.39. The van der Waals surface area contributed by atoms with E-state index in [1.807, 2.05) is 36.4 Å². The minimum atomic E-state index is -1.17. The summed E-state index contributed by atoms with van der Waals surface area (Å²) in [6.45, 7) is 0.179. The van der Waals surface area contributed by atoms with Gasteiger partial charge in [-0.3, -0.25) is 0 Å². The Kier molecular flexibility index (Phi) is 7.84. The van der Waals surface area contributed by atoms with Gasteiger partial charge in [0.1, 0.15) is 12.6 Å². The highest BCUT2D eigenvalue weighted by atomic mass is 16.5. The van der Waals surface area contributed by atoms with Crippen LogP contribution in [0.4, 0.5) is 4.79 Å². The Morgan fingerprint density at radius 3 is 2.37 bits per heavy atom. The minimum Gasteiger partial charge on any atom is -0.624 e. The fourth-order valence-electron chi connectivity index (χ4n) is 2.39. The molecule has 0 heterocycles. The lowest BCUT2D eigenvalue weighted by atomic mass is 10.1. The van der Waals surface area contributed by atoms with Gasteiger partial charge in [-0.25, -0.2) is 14.3 Å². The van der Waals surface area contributed by atoms with Crippen LogP contribution in [0.25, 0.3) is 0 Å². The number of hydrogen-bond acceptors (Lipinski definition) is 4. The second-order valence-corrected chi connectivity index (χ2v) is 5.92.